The molecule has 0 saturated carbocycles. The summed E-state index contributed by atoms with van der Waals surface area (Å²) < 4.78 is 5.69. The number of piperidine rings is 1. The second kappa shape index (κ2) is 4.46. The van der Waals surface area contributed by atoms with Gasteiger partial charge in [0.1, 0.15) is 6.61 Å². The van der Waals surface area contributed by atoms with Crippen LogP contribution in [0, 0.1) is 0 Å². The number of rotatable bonds is 3. The number of nitrogens with zero attached hydrogens (tertiary/aromatic N) is 1. The summed E-state index contributed by atoms with van der Waals surface area (Å²) in [5.74, 6) is 0.106. The summed E-state index contributed by atoms with van der Waals surface area (Å²) in [6.07, 6.45) is 2.17. The maximum absolute atomic E-state index is 10.9. The molecular formula is C13H25NO2. The predicted molar refractivity (Wildman–Crippen MR) is 65.6 cm³/mol. The molecule has 0 atom stereocenters. The number of carbonyl (C=O) groups excluding carboxylic acids is 1. The zero-order valence-electron chi connectivity index (χ0n) is 11.5. The molecule has 1 saturated heterocycles. The van der Waals surface area contributed by atoms with Gasteiger partial charge in [-0.2, -0.15) is 0 Å². The summed E-state index contributed by atoms with van der Waals surface area (Å²) in [6, 6.07) is 0. The highest BCUT2D eigenvalue weighted by atomic mass is 16.5. The average Bonchev–Trinajstić information content (AvgIpc) is 2.10. The van der Waals surface area contributed by atoms with Crippen LogP contribution in [0.25, 0.3) is 0 Å². The highest BCUT2D eigenvalue weighted by Gasteiger charge is 2.43. The van der Waals surface area contributed by atoms with Crippen LogP contribution in [0.15, 0.2) is 0 Å². The quantitative estimate of drug-likeness (QED) is 0.740. The standard InChI is InChI=1S/C13H25NO2/c1-10(15)9-16-11-7-12(2,3)14(6)13(4,5)8-11/h11H,7-9H2,1-6H3. The first-order valence-corrected chi connectivity index (χ1v) is 6.00. The maximum Gasteiger partial charge on any atom is 0.155 e. The van der Waals surface area contributed by atoms with Crippen molar-refractivity contribution in [3.8, 4) is 0 Å². The molecule has 1 rings (SSSR count). The van der Waals surface area contributed by atoms with Crippen LogP contribution in [0.2, 0.25) is 0 Å². The van der Waals surface area contributed by atoms with Crippen molar-refractivity contribution in [2.24, 2.45) is 0 Å². The zero-order valence-corrected chi connectivity index (χ0v) is 11.5. The molecule has 1 heterocycles. The Balaban J connectivity index is 2.67. The molecule has 0 aromatic heterocycles. The molecule has 0 bridgehead atoms. The van der Waals surface area contributed by atoms with Gasteiger partial charge in [-0.15, -0.1) is 0 Å². The number of Topliss-reactive ketones (excluding diaryl/α,β-unsaturated/α-hetero) is 1. The Bertz CT molecular complexity index is 253. The molecular weight excluding hydrogens is 202 g/mol. The molecule has 3 nitrogen and oxygen atoms in total. The van der Waals surface area contributed by atoms with Gasteiger partial charge in [-0.05, 0) is 54.5 Å². The van der Waals surface area contributed by atoms with Crippen LogP contribution in [0.1, 0.15) is 47.5 Å². The van der Waals surface area contributed by atoms with E-state index >= 15 is 0 Å². The minimum atomic E-state index is 0.106. The van der Waals surface area contributed by atoms with E-state index in [9.17, 15) is 4.79 Å². The van der Waals surface area contributed by atoms with Crippen LogP contribution >= 0.6 is 0 Å². The lowest BCUT2D eigenvalue weighted by molar-refractivity contribution is -0.130. The van der Waals surface area contributed by atoms with E-state index in [4.69, 9.17) is 4.74 Å². The smallest absolute Gasteiger partial charge is 0.155 e. The minimum absolute atomic E-state index is 0.106. The Morgan fingerprint density at radius 3 is 2.06 bits per heavy atom. The van der Waals surface area contributed by atoms with E-state index in [1.165, 1.54) is 0 Å². The molecule has 1 fully saturated rings. The molecule has 0 aromatic rings. The summed E-state index contributed by atoms with van der Waals surface area (Å²) in [6.45, 7) is 10.8. The van der Waals surface area contributed by atoms with Crippen LogP contribution in [0.3, 0.4) is 0 Å². The van der Waals surface area contributed by atoms with Gasteiger partial charge in [0.25, 0.3) is 0 Å². The van der Waals surface area contributed by atoms with Gasteiger partial charge in [0, 0.05) is 11.1 Å². The second-order valence-corrected chi connectivity index (χ2v) is 6.23. The lowest BCUT2D eigenvalue weighted by atomic mass is 9.79. The Hall–Kier alpha value is -0.410. The first kappa shape index (κ1) is 13.7. The summed E-state index contributed by atoms with van der Waals surface area (Å²) >= 11 is 0. The molecule has 0 unspecified atom stereocenters. The fraction of sp³-hybridized carbons (Fsp3) is 0.923. The SMILES string of the molecule is CC(=O)COC1CC(C)(C)N(C)C(C)(C)C1. The molecule has 1 aliphatic rings. The molecule has 0 aliphatic carbocycles. The molecule has 94 valence electrons. The van der Waals surface area contributed by atoms with Gasteiger partial charge in [0.2, 0.25) is 0 Å². The number of ketones is 1. The lowest BCUT2D eigenvalue weighted by Crippen LogP contribution is -2.60. The van der Waals surface area contributed by atoms with Crippen molar-refractivity contribution in [1.29, 1.82) is 0 Å². The topological polar surface area (TPSA) is 29.5 Å². The first-order chi connectivity index (χ1) is 7.15. The Morgan fingerprint density at radius 1 is 1.25 bits per heavy atom. The average molecular weight is 227 g/mol. The van der Waals surface area contributed by atoms with Gasteiger partial charge in [-0.1, -0.05) is 0 Å². The van der Waals surface area contributed by atoms with Crippen LogP contribution in [-0.4, -0.2) is 41.5 Å². The van der Waals surface area contributed by atoms with Crippen molar-refractivity contribution in [1.82, 2.24) is 4.90 Å². The van der Waals surface area contributed by atoms with Crippen molar-refractivity contribution in [3.05, 3.63) is 0 Å². The number of ether oxygens (including phenoxy) is 1. The van der Waals surface area contributed by atoms with E-state index < -0.39 is 0 Å². The third-order valence-corrected chi connectivity index (χ3v) is 3.79. The number of likely N-dealkylation sites (tertiary alicyclic amines) is 1. The summed E-state index contributed by atoms with van der Waals surface area (Å²) in [4.78, 5) is 13.3. The van der Waals surface area contributed by atoms with E-state index in [0.29, 0.717) is 0 Å². The van der Waals surface area contributed by atoms with Crippen LogP contribution in [-0.2, 0) is 9.53 Å². The Kier molecular flexibility index (Phi) is 3.80. The highest BCUT2D eigenvalue weighted by Crippen LogP contribution is 2.37. The zero-order chi connectivity index (χ0) is 12.6. The Morgan fingerprint density at radius 2 is 1.69 bits per heavy atom. The molecule has 16 heavy (non-hydrogen) atoms. The van der Waals surface area contributed by atoms with Gasteiger partial charge in [0.15, 0.2) is 5.78 Å². The third kappa shape index (κ3) is 3.05. The molecule has 1 aliphatic heterocycles. The van der Waals surface area contributed by atoms with Gasteiger partial charge in [-0.25, -0.2) is 0 Å². The third-order valence-electron chi connectivity index (χ3n) is 3.79. The van der Waals surface area contributed by atoms with E-state index in [1.54, 1.807) is 6.92 Å². The van der Waals surface area contributed by atoms with E-state index in [0.717, 1.165) is 12.8 Å². The monoisotopic (exact) mass is 227 g/mol. The fourth-order valence-electron chi connectivity index (χ4n) is 2.63. The molecule has 0 radical (unpaired) electrons. The predicted octanol–water partition coefficient (Wildman–Crippen LogP) is 2.24. The molecule has 0 N–H and O–H groups in total. The van der Waals surface area contributed by atoms with E-state index in [1.807, 2.05) is 0 Å². The molecule has 0 amide bonds. The summed E-state index contributed by atoms with van der Waals surface area (Å²) in [7, 11) is 2.17. The van der Waals surface area contributed by atoms with Crippen molar-refractivity contribution in [2.75, 3.05) is 13.7 Å². The van der Waals surface area contributed by atoms with Gasteiger partial charge in [-0.3, -0.25) is 9.69 Å². The van der Waals surface area contributed by atoms with Gasteiger partial charge in [0.05, 0.1) is 6.10 Å². The van der Waals surface area contributed by atoms with E-state index in [-0.39, 0.29) is 29.6 Å². The maximum atomic E-state index is 10.9. The normalized spacial score (nSPS) is 25.6. The first-order valence-electron chi connectivity index (χ1n) is 6.00. The summed E-state index contributed by atoms with van der Waals surface area (Å²) in [5.41, 5.74) is 0.256. The minimum Gasteiger partial charge on any atom is -0.370 e. The molecule has 0 aromatic carbocycles. The van der Waals surface area contributed by atoms with Crippen LogP contribution in [0.5, 0.6) is 0 Å². The van der Waals surface area contributed by atoms with Gasteiger partial charge >= 0.3 is 0 Å². The van der Waals surface area contributed by atoms with Crippen molar-refractivity contribution >= 4 is 5.78 Å². The van der Waals surface area contributed by atoms with Crippen LogP contribution in [0.4, 0.5) is 0 Å². The second-order valence-electron chi connectivity index (χ2n) is 6.23. The number of hydrogen-bond acceptors (Lipinski definition) is 3. The number of hydrogen-bond donors (Lipinski definition) is 0. The fourth-order valence-corrected chi connectivity index (χ4v) is 2.63. The highest BCUT2D eigenvalue weighted by molar-refractivity contribution is 5.76. The van der Waals surface area contributed by atoms with Crippen molar-refractivity contribution < 1.29 is 9.53 Å². The number of carbonyl (C=O) groups is 1. The van der Waals surface area contributed by atoms with Crippen molar-refractivity contribution in [2.45, 2.75) is 64.6 Å². The molecule has 0 spiro atoms. The molecule has 3 heteroatoms. The lowest BCUT2D eigenvalue weighted by Gasteiger charge is -2.53. The van der Waals surface area contributed by atoms with E-state index in [2.05, 4.69) is 39.6 Å². The van der Waals surface area contributed by atoms with Crippen LogP contribution < -0.4 is 0 Å². The van der Waals surface area contributed by atoms with Crippen molar-refractivity contribution in [3.63, 3.8) is 0 Å². The van der Waals surface area contributed by atoms with Gasteiger partial charge < -0.3 is 4.74 Å². The summed E-state index contributed by atoms with van der Waals surface area (Å²) in [5, 5.41) is 0. The Labute approximate surface area is 99.1 Å². The largest absolute Gasteiger partial charge is 0.370 e.